The fourth-order valence-corrected chi connectivity index (χ4v) is 4.72. The maximum Gasteiger partial charge on any atom is 0.252 e. The molecule has 4 aromatic rings. The number of hydrogen-bond acceptors (Lipinski definition) is 5. The molecule has 1 aliphatic rings. The molecule has 3 N–H and O–H groups in total. The predicted molar refractivity (Wildman–Crippen MR) is 130 cm³/mol. The Morgan fingerprint density at radius 1 is 1.09 bits per heavy atom. The summed E-state index contributed by atoms with van der Waals surface area (Å²) in [6.45, 7) is 3.93. The quantitative estimate of drug-likeness (QED) is 0.455. The second kappa shape index (κ2) is 8.65. The number of carbonyl (C=O) groups is 1. The third-order valence-electron chi connectivity index (χ3n) is 6.61. The molecule has 1 saturated carbocycles. The molecule has 1 atom stereocenters. The predicted octanol–water partition coefficient (Wildman–Crippen LogP) is 4.99. The van der Waals surface area contributed by atoms with Crippen LogP contribution in [0.3, 0.4) is 0 Å². The molecule has 2 heterocycles. The van der Waals surface area contributed by atoms with Crippen molar-refractivity contribution in [1.82, 2.24) is 25.1 Å². The molecule has 7 heteroatoms. The molecule has 168 valence electrons. The van der Waals surface area contributed by atoms with Crippen molar-refractivity contribution in [2.75, 3.05) is 5.73 Å². The van der Waals surface area contributed by atoms with Gasteiger partial charge in [0, 0.05) is 11.1 Å². The zero-order valence-corrected chi connectivity index (χ0v) is 19.0. The Kier molecular flexibility index (Phi) is 5.54. The minimum atomic E-state index is -0.132. The van der Waals surface area contributed by atoms with Crippen LogP contribution in [0.15, 0.2) is 54.9 Å². The van der Waals surface area contributed by atoms with Crippen LogP contribution in [0.25, 0.3) is 22.3 Å². The van der Waals surface area contributed by atoms with E-state index in [0.717, 1.165) is 46.3 Å². The van der Waals surface area contributed by atoms with Crippen molar-refractivity contribution in [1.29, 1.82) is 0 Å². The lowest BCUT2D eigenvalue weighted by Crippen LogP contribution is -2.27. The van der Waals surface area contributed by atoms with Crippen molar-refractivity contribution >= 4 is 22.8 Å². The molecule has 2 aromatic carbocycles. The Morgan fingerprint density at radius 2 is 1.82 bits per heavy atom. The van der Waals surface area contributed by atoms with Crippen molar-refractivity contribution in [3.05, 3.63) is 71.5 Å². The summed E-state index contributed by atoms with van der Waals surface area (Å²) in [5.41, 5.74) is 11.5. The molecule has 0 radical (unpaired) electrons. The van der Waals surface area contributed by atoms with Gasteiger partial charge in [-0.2, -0.15) is 5.10 Å². The molecule has 1 amide bonds. The van der Waals surface area contributed by atoms with Gasteiger partial charge in [-0.05, 0) is 43.9 Å². The molecule has 0 spiro atoms. The summed E-state index contributed by atoms with van der Waals surface area (Å²) in [4.78, 5) is 21.4. The number of nitrogens with zero attached hydrogens (tertiary/aromatic N) is 4. The molecular weight excluding hydrogens is 412 g/mol. The van der Waals surface area contributed by atoms with Gasteiger partial charge in [-0.25, -0.2) is 14.6 Å². The first-order valence-electron chi connectivity index (χ1n) is 11.5. The van der Waals surface area contributed by atoms with Gasteiger partial charge in [-0.15, -0.1) is 0 Å². The number of amides is 1. The highest BCUT2D eigenvalue weighted by Crippen LogP contribution is 2.36. The highest BCUT2D eigenvalue weighted by Gasteiger charge is 2.24. The van der Waals surface area contributed by atoms with Crippen LogP contribution in [-0.4, -0.2) is 25.7 Å². The van der Waals surface area contributed by atoms with E-state index >= 15 is 0 Å². The number of benzene rings is 2. The topological polar surface area (TPSA) is 98.7 Å². The van der Waals surface area contributed by atoms with Crippen molar-refractivity contribution in [2.24, 2.45) is 0 Å². The smallest absolute Gasteiger partial charge is 0.252 e. The number of anilines is 1. The van der Waals surface area contributed by atoms with Gasteiger partial charge in [0.05, 0.1) is 17.5 Å². The second-order valence-corrected chi connectivity index (χ2v) is 8.82. The molecule has 0 bridgehead atoms. The van der Waals surface area contributed by atoms with E-state index in [1.54, 1.807) is 0 Å². The zero-order chi connectivity index (χ0) is 22.9. The van der Waals surface area contributed by atoms with Gasteiger partial charge in [0.1, 0.15) is 17.8 Å². The van der Waals surface area contributed by atoms with Crippen molar-refractivity contribution in [2.45, 2.75) is 51.6 Å². The summed E-state index contributed by atoms with van der Waals surface area (Å²) < 4.78 is 2.04. The molecular formula is C26H28N6O. The zero-order valence-electron chi connectivity index (χ0n) is 19.0. The number of carbonyl (C=O) groups excluding carboxylic acids is 1. The SMILES string of the molecule is Cc1ccccc1C(=O)NC(C)c1ccc(-c2nn(C3CCCC3)c3ncnc(N)c23)cc1. The normalized spacial score (nSPS) is 15.1. The van der Waals surface area contributed by atoms with Gasteiger partial charge in [0.25, 0.3) is 5.91 Å². The number of fused-ring (bicyclic) bond motifs is 1. The summed E-state index contributed by atoms with van der Waals surface area (Å²) in [6, 6.07) is 15.9. The highest BCUT2D eigenvalue weighted by atomic mass is 16.1. The molecule has 2 aromatic heterocycles. The number of aromatic nitrogens is 4. The summed E-state index contributed by atoms with van der Waals surface area (Å²) >= 11 is 0. The van der Waals surface area contributed by atoms with E-state index in [9.17, 15) is 4.79 Å². The van der Waals surface area contributed by atoms with Crippen LogP contribution in [0.2, 0.25) is 0 Å². The van der Waals surface area contributed by atoms with E-state index in [1.807, 2.05) is 67.1 Å². The Balaban J connectivity index is 1.43. The highest BCUT2D eigenvalue weighted by molar-refractivity contribution is 5.98. The number of nitrogens with two attached hydrogens (primary N) is 1. The van der Waals surface area contributed by atoms with Crippen LogP contribution < -0.4 is 11.1 Å². The van der Waals surface area contributed by atoms with E-state index in [0.29, 0.717) is 17.4 Å². The molecule has 1 unspecified atom stereocenters. The van der Waals surface area contributed by atoms with E-state index in [-0.39, 0.29) is 11.9 Å². The minimum Gasteiger partial charge on any atom is -0.383 e. The van der Waals surface area contributed by atoms with Crippen molar-refractivity contribution in [3.8, 4) is 11.3 Å². The van der Waals surface area contributed by atoms with E-state index in [1.165, 1.54) is 19.2 Å². The third-order valence-corrected chi connectivity index (χ3v) is 6.61. The Bertz CT molecular complexity index is 1300. The fourth-order valence-electron chi connectivity index (χ4n) is 4.72. The third kappa shape index (κ3) is 3.95. The maximum atomic E-state index is 12.7. The molecule has 1 fully saturated rings. The summed E-state index contributed by atoms with van der Waals surface area (Å²) in [5.74, 6) is 0.373. The van der Waals surface area contributed by atoms with Gasteiger partial charge in [0.15, 0.2) is 5.65 Å². The average molecular weight is 441 g/mol. The number of rotatable bonds is 5. The van der Waals surface area contributed by atoms with Crippen LogP contribution in [0.1, 0.15) is 66.2 Å². The molecule has 1 aliphatic carbocycles. The average Bonchev–Trinajstić information content (AvgIpc) is 3.48. The molecule has 0 saturated heterocycles. The van der Waals surface area contributed by atoms with Gasteiger partial charge in [0.2, 0.25) is 0 Å². The van der Waals surface area contributed by atoms with Crippen LogP contribution in [0, 0.1) is 6.92 Å². The van der Waals surface area contributed by atoms with Gasteiger partial charge in [-0.1, -0.05) is 55.3 Å². The van der Waals surface area contributed by atoms with Crippen molar-refractivity contribution < 1.29 is 4.79 Å². The van der Waals surface area contributed by atoms with E-state index < -0.39 is 0 Å². The monoisotopic (exact) mass is 440 g/mol. The van der Waals surface area contributed by atoms with Gasteiger partial charge >= 0.3 is 0 Å². The standard InChI is InChI=1S/C26H28N6O/c1-16-7-3-6-10-21(16)26(33)30-17(2)18-11-13-19(14-12-18)23-22-24(27)28-15-29-25(22)32(31-23)20-8-4-5-9-20/h3,6-7,10-15,17,20H,4-5,8-9H2,1-2H3,(H,30,33)(H2,27,28,29). The number of aryl methyl sites for hydroxylation is 1. The van der Waals surface area contributed by atoms with Gasteiger partial charge < -0.3 is 11.1 Å². The van der Waals surface area contributed by atoms with Crippen LogP contribution in [0.4, 0.5) is 5.82 Å². The lowest BCUT2D eigenvalue weighted by molar-refractivity contribution is 0.0939. The molecule has 33 heavy (non-hydrogen) atoms. The molecule has 0 aliphatic heterocycles. The number of hydrogen-bond donors (Lipinski definition) is 2. The van der Waals surface area contributed by atoms with E-state index in [4.69, 9.17) is 10.8 Å². The van der Waals surface area contributed by atoms with Crippen LogP contribution >= 0.6 is 0 Å². The number of nitrogen functional groups attached to an aromatic ring is 1. The fraction of sp³-hybridized carbons (Fsp3) is 0.308. The second-order valence-electron chi connectivity index (χ2n) is 8.82. The first-order valence-corrected chi connectivity index (χ1v) is 11.5. The lowest BCUT2D eigenvalue weighted by atomic mass is 10.0. The largest absolute Gasteiger partial charge is 0.383 e. The van der Waals surface area contributed by atoms with Crippen LogP contribution in [0.5, 0.6) is 0 Å². The van der Waals surface area contributed by atoms with Crippen LogP contribution in [-0.2, 0) is 0 Å². The summed E-state index contributed by atoms with van der Waals surface area (Å²) in [7, 11) is 0. The molecule has 5 rings (SSSR count). The first-order chi connectivity index (χ1) is 16.0. The first kappa shape index (κ1) is 21.1. The van der Waals surface area contributed by atoms with E-state index in [2.05, 4.69) is 15.3 Å². The Hall–Kier alpha value is -3.74. The summed E-state index contributed by atoms with van der Waals surface area (Å²) in [5, 5.41) is 8.84. The van der Waals surface area contributed by atoms with Gasteiger partial charge in [-0.3, -0.25) is 4.79 Å². The Morgan fingerprint density at radius 3 is 2.55 bits per heavy atom. The van der Waals surface area contributed by atoms with Crippen molar-refractivity contribution in [3.63, 3.8) is 0 Å². The summed E-state index contributed by atoms with van der Waals surface area (Å²) in [6.07, 6.45) is 6.15. The lowest BCUT2D eigenvalue weighted by Gasteiger charge is -2.16. The maximum absolute atomic E-state index is 12.7. The minimum absolute atomic E-state index is 0.0732. The Labute approximate surface area is 193 Å². The number of nitrogens with one attached hydrogen (secondary N) is 1. The molecule has 7 nitrogen and oxygen atoms in total.